The molecule has 0 spiro atoms. The van der Waals surface area contributed by atoms with E-state index in [-0.39, 0.29) is 23.0 Å². The lowest BCUT2D eigenvalue weighted by Crippen LogP contribution is -2.75. The number of piperazine rings is 1. The largest absolute Gasteiger partial charge is 0.498 e. The normalized spacial score (nSPS) is 29.2. The fraction of sp³-hybridized carbons (Fsp3) is 0.833. The van der Waals surface area contributed by atoms with Gasteiger partial charge in [-0.3, -0.25) is 9.28 Å². The molecule has 0 aromatic rings. The van der Waals surface area contributed by atoms with Crippen LogP contribution in [-0.4, -0.2) is 59.1 Å². The second-order valence-electron chi connectivity index (χ2n) is 5.95. The van der Waals surface area contributed by atoms with Gasteiger partial charge in [0.2, 0.25) is 5.91 Å². The van der Waals surface area contributed by atoms with E-state index >= 15 is 0 Å². The summed E-state index contributed by atoms with van der Waals surface area (Å²) in [6.07, 6.45) is -1.07. The molecule has 104 valence electrons. The lowest BCUT2D eigenvalue weighted by atomic mass is 9.97. The van der Waals surface area contributed by atoms with E-state index in [0.29, 0.717) is 19.6 Å². The summed E-state index contributed by atoms with van der Waals surface area (Å²) in [6, 6.07) is -0.146. The lowest BCUT2D eigenvalue weighted by molar-refractivity contribution is -0.925. The second kappa shape index (κ2) is 4.85. The number of amides is 2. The van der Waals surface area contributed by atoms with Crippen molar-refractivity contribution < 1.29 is 19.2 Å². The molecular formula is C12H23N3O3. The van der Waals surface area contributed by atoms with E-state index in [4.69, 9.17) is 5.73 Å². The Hall–Kier alpha value is -1.14. The van der Waals surface area contributed by atoms with Gasteiger partial charge in [0.15, 0.2) is 0 Å². The van der Waals surface area contributed by atoms with Crippen molar-refractivity contribution in [3.63, 3.8) is 0 Å². The van der Waals surface area contributed by atoms with E-state index < -0.39 is 11.6 Å². The molecule has 1 heterocycles. The molecule has 0 aromatic carbocycles. The fourth-order valence-electron chi connectivity index (χ4n) is 2.68. The maximum atomic E-state index is 11.6. The highest BCUT2D eigenvalue weighted by atomic mass is 16.4. The number of quaternary nitrogens is 1. The van der Waals surface area contributed by atoms with Gasteiger partial charge in [-0.1, -0.05) is 0 Å². The van der Waals surface area contributed by atoms with Crippen molar-refractivity contribution in [1.82, 2.24) is 4.90 Å². The van der Waals surface area contributed by atoms with Crippen molar-refractivity contribution in [3.05, 3.63) is 0 Å². The highest BCUT2D eigenvalue weighted by Gasteiger charge is 2.48. The van der Waals surface area contributed by atoms with Gasteiger partial charge in [0.05, 0.1) is 24.7 Å². The first-order valence-corrected chi connectivity index (χ1v) is 6.24. The van der Waals surface area contributed by atoms with Crippen LogP contribution in [0, 0.1) is 0 Å². The molecule has 1 aliphatic rings. The highest BCUT2D eigenvalue weighted by Crippen LogP contribution is 2.29. The number of hydrogen-bond donors (Lipinski definition) is 1. The van der Waals surface area contributed by atoms with E-state index in [1.165, 1.54) is 0 Å². The van der Waals surface area contributed by atoms with Crippen LogP contribution in [0.4, 0.5) is 4.79 Å². The Bertz CT molecular complexity index is 351. The maximum absolute atomic E-state index is 11.6. The van der Waals surface area contributed by atoms with Crippen LogP contribution in [0.2, 0.25) is 0 Å². The minimum absolute atomic E-state index is 0.0365. The molecule has 2 atom stereocenters. The molecule has 0 saturated carbocycles. The van der Waals surface area contributed by atoms with E-state index in [1.807, 2.05) is 27.7 Å². The van der Waals surface area contributed by atoms with Gasteiger partial charge < -0.3 is 20.5 Å². The van der Waals surface area contributed by atoms with Gasteiger partial charge in [0.25, 0.3) is 6.09 Å². The number of carbonyl (C=O) groups excluding carboxylic acids is 2. The summed E-state index contributed by atoms with van der Waals surface area (Å²) >= 11 is 0. The predicted octanol–water partition coefficient (Wildman–Crippen LogP) is -0.866. The molecule has 1 unspecified atom stereocenters. The number of carbonyl (C=O) groups is 2. The third kappa shape index (κ3) is 2.35. The van der Waals surface area contributed by atoms with Gasteiger partial charge >= 0.3 is 0 Å². The van der Waals surface area contributed by atoms with Crippen LogP contribution < -0.4 is 10.8 Å². The van der Waals surface area contributed by atoms with Crippen LogP contribution in [0.5, 0.6) is 0 Å². The Morgan fingerprint density at radius 2 is 2.00 bits per heavy atom. The Balaban J connectivity index is 2.98. The van der Waals surface area contributed by atoms with Crippen LogP contribution in [0.1, 0.15) is 27.7 Å². The number of rotatable bonds is 1. The summed E-state index contributed by atoms with van der Waals surface area (Å²) < 4.78 is -0.123. The first kappa shape index (κ1) is 14.9. The number of carboxylic acid groups (broad SMARTS) is 1. The molecule has 0 aromatic heterocycles. The highest BCUT2D eigenvalue weighted by molar-refractivity contribution is 5.78. The Kier molecular flexibility index (Phi) is 4.02. The lowest BCUT2D eigenvalue weighted by Gasteiger charge is -2.54. The molecule has 6 nitrogen and oxygen atoms in total. The minimum atomic E-state index is -1.07. The molecule has 1 fully saturated rings. The zero-order valence-electron chi connectivity index (χ0n) is 11.6. The number of nitrogens with two attached hydrogens (primary N) is 1. The molecule has 1 saturated heterocycles. The fourth-order valence-corrected chi connectivity index (χ4v) is 2.68. The monoisotopic (exact) mass is 257 g/mol. The van der Waals surface area contributed by atoms with Gasteiger partial charge in [-0.25, -0.2) is 0 Å². The van der Waals surface area contributed by atoms with Crippen LogP contribution >= 0.6 is 0 Å². The molecule has 2 amide bonds. The van der Waals surface area contributed by atoms with Crippen LogP contribution in [0.25, 0.3) is 0 Å². The molecule has 6 heteroatoms. The zero-order chi connectivity index (χ0) is 14.1. The van der Waals surface area contributed by atoms with Crippen molar-refractivity contribution in [2.45, 2.75) is 39.3 Å². The zero-order valence-corrected chi connectivity index (χ0v) is 11.6. The molecule has 0 radical (unpaired) electrons. The molecule has 0 bridgehead atoms. The molecule has 18 heavy (non-hydrogen) atoms. The van der Waals surface area contributed by atoms with E-state index in [2.05, 4.69) is 0 Å². The summed E-state index contributed by atoms with van der Waals surface area (Å²) in [5, 5.41) is 11.5. The average Bonchev–Trinajstić information content (AvgIpc) is 2.26. The first-order chi connectivity index (χ1) is 8.15. The average molecular weight is 257 g/mol. The SMILES string of the molecule is C[C@H]1C[N+](C(=O)[O-])(C(C)(C)C)CCN1C(=O)CN. The Morgan fingerprint density at radius 1 is 1.44 bits per heavy atom. The van der Waals surface area contributed by atoms with Crippen molar-refractivity contribution in [2.24, 2.45) is 5.73 Å². The van der Waals surface area contributed by atoms with Gasteiger partial charge in [-0.05, 0) is 27.7 Å². The van der Waals surface area contributed by atoms with Gasteiger partial charge in [0, 0.05) is 0 Å². The minimum Gasteiger partial charge on any atom is -0.498 e. The van der Waals surface area contributed by atoms with Crippen LogP contribution in [0.15, 0.2) is 0 Å². The molecule has 2 N–H and O–H groups in total. The molecular weight excluding hydrogens is 234 g/mol. The number of nitrogens with zero attached hydrogens (tertiary/aromatic N) is 2. The van der Waals surface area contributed by atoms with E-state index in [9.17, 15) is 14.7 Å². The topological polar surface area (TPSA) is 86.5 Å². The quantitative estimate of drug-likeness (QED) is 0.619. The van der Waals surface area contributed by atoms with E-state index in [0.717, 1.165) is 0 Å². The van der Waals surface area contributed by atoms with Crippen molar-refractivity contribution in [3.8, 4) is 0 Å². The third-order valence-corrected chi connectivity index (χ3v) is 3.96. The van der Waals surface area contributed by atoms with Crippen LogP contribution in [-0.2, 0) is 4.79 Å². The number of hydrogen-bond acceptors (Lipinski definition) is 4. The maximum Gasteiger partial charge on any atom is 0.257 e. The smallest absolute Gasteiger partial charge is 0.257 e. The van der Waals surface area contributed by atoms with Gasteiger partial charge in [-0.2, -0.15) is 0 Å². The summed E-state index contributed by atoms with van der Waals surface area (Å²) in [5.74, 6) is -0.132. The van der Waals surface area contributed by atoms with Gasteiger partial charge in [-0.15, -0.1) is 0 Å². The van der Waals surface area contributed by atoms with Crippen LogP contribution in [0.3, 0.4) is 0 Å². The van der Waals surface area contributed by atoms with Crippen molar-refractivity contribution in [1.29, 1.82) is 0 Å². The standard InChI is InChI=1S/C12H23N3O3/c1-9-8-15(11(17)18,12(2,3)4)6-5-14(9)10(16)7-13/h9H,5-8,13H2,1-4H3/t9-,15?/m0/s1. The van der Waals surface area contributed by atoms with Gasteiger partial charge in [0.1, 0.15) is 13.1 Å². The summed E-state index contributed by atoms with van der Waals surface area (Å²) in [5.41, 5.74) is 4.90. The summed E-state index contributed by atoms with van der Waals surface area (Å²) in [6.45, 7) is 8.60. The molecule has 1 rings (SSSR count). The first-order valence-electron chi connectivity index (χ1n) is 6.24. The second-order valence-corrected chi connectivity index (χ2v) is 5.95. The van der Waals surface area contributed by atoms with Crippen molar-refractivity contribution in [2.75, 3.05) is 26.2 Å². The summed E-state index contributed by atoms with van der Waals surface area (Å²) in [4.78, 5) is 24.8. The Labute approximate surface area is 108 Å². The van der Waals surface area contributed by atoms with E-state index in [1.54, 1.807) is 4.90 Å². The summed E-state index contributed by atoms with van der Waals surface area (Å²) in [7, 11) is 0. The molecule has 0 aliphatic carbocycles. The molecule has 1 aliphatic heterocycles. The predicted molar refractivity (Wildman–Crippen MR) is 65.4 cm³/mol. The third-order valence-electron chi connectivity index (χ3n) is 3.96. The van der Waals surface area contributed by atoms with Crippen molar-refractivity contribution >= 4 is 12.0 Å². The Morgan fingerprint density at radius 3 is 2.33 bits per heavy atom.